The zero-order valence-electron chi connectivity index (χ0n) is 21.9. The highest BCUT2D eigenvalue weighted by Crippen LogP contribution is 2.45. The van der Waals surface area contributed by atoms with Crippen LogP contribution in [0.5, 0.6) is 23.0 Å². The van der Waals surface area contributed by atoms with Crippen molar-refractivity contribution in [3.05, 3.63) is 129 Å². The van der Waals surface area contributed by atoms with E-state index in [1.54, 1.807) is 66.7 Å². The summed E-state index contributed by atoms with van der Waals surface area (Å²) in [7, 11) is 0. The van der Waals surface area contributed by atoms with Gasteiger partial charge in [0.15, 0.2) is 11.5 Å². The van der Waals surface area contributed by atoms with Gasteiger partial charge in [0, 0.05) is 16.7 Å². The highest BCUT2D eigenvalue weighted by atomic mass is 35.5. The zero-order chi connectivity index (χ0) is 28.9. The summed E-state index contributed by atoms with van der Waals surface area (Å²) in [4.78, 5) is 12.6. The Bertz CT molecular complexity index is 1660. The van der Waals surface area contributed by atoms with Gasteiger partial charge in [0.1, 0.15) is 35.6 Å². The molecule has 1 unspecified atom stereocenters. The summed E-state index contributed by atoms with van der Waals surface area (Å²) < 4.78 is 36.4. The fourth-order valence-corrected chi connectivity index (χ4v) is 4.55. The van der Waals surface area contributed by atoms with E-state index in [1.165, 1.54) is 12.1 Å². The Kier molecular flexibility index (Phi) is 8.09. The molecule has 5 rings (SSSR count). The molecule has 1 heterocycles. The van der Waals surface area contributed by atoms with Crippen LogP contribution in [-0.2, 0) is 6.61 Å². The lowest BCUT2D eigenvalue weighted by molar-refractivity contribution is 0.0734. The first kappa shape index (κ1) is 27.6. The molecule has 0 aromatic heterocycles. The second-order valence-electron chi connectivity index (χ2n) is 9.08. The molecule has 9 heteroatoms. The van der Waals surface area contributed by atoms with Gasteiger partial charge in [-0.05, 0) is 72.6 Å². The molecule has 0 bridgehead atoms. The first-order chi connectivity index (χ1) is 19.9. The Morgan fingerprint density at radius 1 is 1.00 bits per heavy atom. The van der Waals surface area contributed by atoms with Crippen LogP contribution in [0.25, 0.3) is 0 Å². The summed E-state index contributed by atoms with van der Waals surface area (Å²) in [6.07, 6.45) is 0. The predicted octanol–water partition coefficient (Wildman–Crippen LogP) is 6.89. The zero-order valence-corrected chi connectivity index (χ0v) is 22.7. The maximum absolute atomic E-state index is 13.3. The molecule has 41 heavy (non-hydrogen) atoms. The van der Waals surface area contributed by atoms with Crippen LogP contribution < -0.4 is 24.7 Å². The lowest BCUT2D eigenvalue weighted by Gasteiger charge is -2.27. The van der Waals surface area contributed by atoms with Crippen molar-refractivity contribution in [2.75, 3.05) is 6.61 Å². The number of fused-ring (bicyclic) bond motifs is 1. The van der Waals surface area contributed by atoms with Gasteiger partial charge in [-0.2, -0.15) is 5.26 Å². The SMILES string of the molecule is CCOc1cc(C2C(C#N)=C(N)Oc3cc(OC(=O)c4ccc(Cl)cc4)ccc32)ccc1OCc1ccc(F)cc1. The number of carbonyl (C=O) groups is 1. The van der Waals surface area contributed by atoms with Crippen LogP contribution in [0.15, 0.2) is 96.4 Å². The van der Waals surface area contributed by atoms with E-state index in [0.717, 1.165) is 11.1 Å². The molecule has 0 aliphatic carbocycles. The van der Waals surface area contributed by atoms with Gasteiger partial charge < -0.3 is 24.7 Å². The standard InChI is InChI=1S/C32H24ClFN2O5/c1-2-38-29-15-21(7-14-27(29)39-18-19-3-10-23(34)11-4-19)30-25-13-12-24(16-28(25)41-31(36)26(30)17-35)40-32(37)20-5-8-22(33)9-6-20/h3-16,30H,2,18,36H2,1H3. The molecule has 0 radical (unpaired) electrons. The maximum atomic E-state index is 13.3. The molecule has 0 spiro atoms. The number of nitrogens with two attached hydrogens (primary N) is 1. The minimum absolute atomic E-state index is 0.0548. The quantitative estimate of drug-likeness (QED) is 0.182. The third-order valence-electron chi connectivity index (χ3n) is 6.39. The molecule has 7 nitrogen and oxygen atoms in total. The van der Waals surface area contributed by atoms with E-state index < -0.39 is 11.9 Å². The summed E-state index contributed by atoms with van der Waals surface area (Å²) in [5.74, 6) is 0.0513. The fraction of sp³-hybridized carbons (Fsp3) is 0.125. The molecule has 1 aliphatic rings. The van der Waals surface area contributed by atoms with Gasteiger partial charge in [0.05, 0.1) is 18.1 Å². The second-order valence-corrected chi connectivity index (χ2v) is 9.51. The van der Waals surface area contributed by atoms with Gasteiger partial charge in [0.25, 0.3) is 0 Å². The summed E-state index contributed by atoms with van der Waals surface area (Å²) in [6.45, 7) is 2.45. The number of benzene rings is 4. The molecule has 4 aromatic rings. The summed E-state index contributed by atoms with van der Waals surface area (Å²) >= 11 is 5.91. The van der Waals surface area contributed by atoms with E-state index in [0.29, 0.717) is 40.0 Å². The highest BCUT2D eigenvalue weighted by molar-refractivity contribution is 6.30. The molecule has 1 aliphatic heterocycles. The van der Waals surface area contributed by atoms with Crippen molar-refractivity contribution in [1.82, 2.24) is 0 Å². The Balaban J connectivity index is 1.44. The summed E-state index contributed by atoms with van der Waals surface area (Å²) in [5, 5.41) is 10.5. The number of hydrogen-bond donors (Lipinski definition) is 1. The van der Waals surface area contributed by atoms with Crippen LogP contribution in [0, 0.1) is 17.1 Å². The van der Waals surface area contributed by atoms with Crippen LogP contribution in [0.1, 0.15) is 39.9 Å². The molecule has 0 saturated carbocycles. The lowest BCUT2D eigenvalue weighted by Crippen LogP contribution is -2.21. The van der Waals surface area contributed by atoms with Crippen LogP contribution in [-0.4, -0.2) is 12.6 Å². The number of nitrogens with zero attached hydrogens (tertiary/aromatic N) is 1. The van der Waals surface area contributed by atoms with Gasteiger partial charge in [-0.15, -0.1) is 0 Å². The number of nitriles is 1. The number of allylic oxidation sites excluding steroid dienone is 1. The minimum Gasteiger partial charge on any atom is -0.490 e. The first-order valence-electron chi connectivity index (χ1n) is 12.7. The molecule has 1 atom stereocenters. The number of esters is 1. The number of hydrogen-bond acceptors (Lipinski definition) is 7. The van der Waals surface area contributed by atoms with E-state index in [1.807, 2.05) is 13.0 Å². The van der Waals surface area contributed by atoms with Gasteiger partial charge >= 0.3 is 5.97 Å². The Morgan fingerprint density at radius 3 is 2.46 bits per heavy atom. The smallest absolute Gasteiger partial charge is 0.343 e. The molecular formula is C32H24ClFN2O5. The first-order valence-corrected chi connectivity index (χ1v) is 13.1. The summed E-state index contributed by atoms with van der Waals surface area (Å²) in [6, 6.07) is 24.8. The van der Waals surface area contributed by atoms with Crippen molar-refractivity contribution < 1.29 is 28.1 Å². The molecular weight excluding hydrogens is 547 g/mol. The third-order valence-corrected chi connectivity index (χ3v) is 6.64. The van der Waals surface area contributed by atoms with E-state index >= 15 is 0 Å². The van der Waals surface area contributed by atoms with Crippen LogP contribution in [0.2, 0.25) is 5.02 Å². The van der Waals surface area contributed by atoms with Crippen LogP contribution in [0.4, 0.5) is 4.39 Å². The van der Waals surface area contributed by atoms with Crippen LogP contribution in [0.3, 0.4) is 0 Å². The van der Waals surface area contributed by atoms with Crippen LogP contribution >= 0.6 is 11.6 Å². The second kappa shape index (κ2) is 12.0. The van der Waals surface area contributed by atoms with Crippen molar-refractivity contribution in [2.24, 2.45) is 5.73 Å². The van der Waals surface area contributed by atoms with Gasteiger partial charge in [-0.3, -0.25) is 0 Å². The maximum Gasteiger partial charge on any atom is 0.343 e. The minimum atomic E-state index is -0.574. The van der Waals surface area contributed by atoms with Crippen molar-refractivity contribution in [1.29, 1.82) is 5.26 Å². The topological polar surface area (TPSA) is 104 Å². The normalized spacial score (nSPS) is 14.0. The molecule has 0 amide bonds. The van der Waals surface area contributed by atoms with E-state index in [9.17, 15) is 14.4 Å². The molecule has 0 saturated heterocycles. The van der Waals surface area contributed by atoms with E-state index in [2.05, 4.69) is 6.07 Å². The monoisotopic (exact) mass is 570 g/mol. The Labute approximate surface area is 241 Å². The van der Waals surface area contributed by atoms with Gasteiger partial charge in [-0.25, -0.2) is 9.18 Å². The van der Waals surface area contributed by atoms with Crippen molar-refractivity contribution in [3.8, 4) is 29.1 Å². The average molecular weight is 571 g/mol. The number of carbonyl (C=O) groups excluding carboxylic acids is 1. The summed E-state index contributed by atoms with van der Waals surface area (Å²) in [5.41, 5.74) is 8.91. The molecule has 2 N–H and O–H groups in total. The molecule has 4 aromatic carbocycles. The number of halogens is 2. The lowest BCUT2D eigenvalue weighted by atomic mass is 9.83. The number of rotatable bonds is 8. The van der Waals surface area contributed by atoms with Crippen molar-refractivity contribution in [2.45, 2.75) is 19.4 Å². The third kappa shape index (κ3) is 6.11. The molecule has 0 fully saturated rings. The fourth-order valence-electron chi connectivity index (χ4n) is 4.43. The largest absolute Gasteiger partial charge is 0.490 e. The predicted molar refractivity (Wildman–Crippen MR) is 150 cm³/mol. The van der Waals surface area contributed by atoms with Crippen molar-refractivity contribution in [3.63, 3.8) is 0 Å². The van der Waals surface area contributed by atoms with E-state index in [4.69, 9.17) is 36.3 Å². The average Bonchev–Trinajstić information content (AvgIpc) is 2.97. The van der Waals surface area contributed by atoms with Gasteiger partial charge in [0.2, 0.25) is 5.88 Å². The number of ether oxygens (including phenoxy) is 4. The Hall–Kier alpha value is -5.00. The van der Waals surface area contributed by atoms with Gasteiger partial charge in [-0.1, -0.05) is 35.9 Å². The van der Waals surface area contributed by atoms with Crippen molar-refractivity contribution >= 4 is 17.6 Å². The molecule has 206 valence electrons. The van der Waals surface area contributed by atoms with E-state index in [-0.39, 0.29) is 29.6 Å². The highest BCUT2D eigenvalue weighted by Gasteiger charge is 2.32. The Morgan fingerprint density at radius 2 is 1.76 bits per heavy atom.